The van der Waals surface area contributed by atoms with Crippen molar-refractivity contribution in [3.63, 3.8) is 0 Å². The molecule has 0 bridgehead atoms. The second kappa shape index (κ2) is 8.83. The summed E-state index contributed by atoms with van der Waals surface area (Å²) in [5, 5.41) is 10.3. The highest BCUT2D eigenvalue weighted by molar-refractivity contribution is 14.0. The van der Waals surface area contributed by atoms with E-state index in [4.69, 9.17) is 0 Å². The maximum Gasteiger partial charge on any atom is 0.435 e. The predicted octanol–water partition coefficient (Wildman–Crippen LogP) is 3.00. The van der Waals surface area contributed by atoms with Crippen LogP contribution in [0.15, 0.2) is 11.2 Å². The number of aromatic nitrogens is 3. The molecular formula is C14H20F3IN6S. The molecule has 2 heterocycles. The van der Waals surface area contributed by atoms with E-state index in [1.54, 1.807) is 18.4 Å². The summed E-state index contributed by atoms with van der Waals surface area (Å²) >= 11 is 1.57. The molecule has 0 fully saturated rings. The first-order valence-corrected chi connectivity index (χ1v) is 7.99. The Bertz CT molecular complexity index is 718. The number of halogens is 4. The minimum atomic E-state index is -4.48. The number of hydrogen-bond acceptors (Lipinski definition) is 4. The van der Waals surface area contributed by atoms with Crippen molar-refractivity contribution in [2.45, 2.75) is 33.1 Å². The fourth-order valence-electron chi connectivity index (χ4n) is 2.08. The summed E-state index contributed by atoms with van der Waals surface area (Å²) in [7, 11) is 3.01. The molecule has 2 aromatic rings. The zero-order chi connectivity index (χ0) is 17.9. The average molecular weight is 488 g/mol. The Morgan fingerprint density at radius 3 is 2.44 bits per heavy atom. The molecule has 2 aromatic heterocycles. The van der Waals surface area contributed by atoms with Crippen LogP contribution in [0.5, 0.6) is 0 Å². The van der Waals surface area contributed by atoms with Gasteiger partial charge in [-0.2, -0.15) is 18.3 Å². The molecule has 0 radical (unpaired) electrons. The van der Waals surface area contributed by atoms with Crippen LogP contribution in [0.4, 0.5) is 13.2 Å². The average Bonchev–Trinajstić information content (AvgIpc) is 3.02. The molecule has 0 aliphatic rings. The molecule has 0 spiro atoms. The summed E-state index contributed by atoms with van der Waals surface area (Å²) in [4.78, 5) is 9.54. The fourth-order valence-corrected chi connectivity index (χ4v) is 2.95. The van der Waals surface area contributed by atoms with Crippen molar-refractivity contribution in [1.29, 1.82) is 0 Å². The Morgan fingerprint density at radius 2 is 1.92 bits per heavy atom. The molecular weight excluding hydrogens is 468 g/mol. The number of nitrogens with one attached hydrogen (secondary N) is 2. The van der Waals surface area contributed by atoms with Crippen LogP contribution in [-0.4, -0.2) is 27.8 Å². The van der Waals surface area contributed by atoms with Crippen molar-refractivity contribution in [3.05, 3.63) is 33.0 Å². The van der Waals surface area contributed by atoms with Crippen LogP contribution in [0.2, 0.25) is 0 Å². The zero-order valence-corrected chi connectivity index (χ0v) is 17.4. The predicted molar refractivity (Wildman–Crippen MR) is 102 cm³/mol. The van der Waals surface area contributed by atoms with Crippen molar-refractivity contribution in [2.24, 2.45) is 12.0 Å². The Morgan fingerprint density at radius 1 is 1.28 bits per heavy atom. The first kappa shape index (κ1) is 21.7. The number of nitrogens with zero attached hydrogens (tertiary/aromatic N) is 4. The van der Waals surface area contributed by atoms with Crippen LogP contribution in [0, 0.1) is 13.8 Å². The number of guanidine groups is 1. The lowest BCUT2D eigenvalue weighted by Crippen LogP contribution is -2.36. The van der Waals surface area contributed by atoms with Gasteiger partial charge in [0.25, 0.3) is 0 Å². The molecule has 0 saturated heterocycles. The number of alkyl halides is 3. The van der Waals surface area contributed by atoms with E-state index in [9.17, 15) is 13.2 Å². The van der Waals surface area contributed by atoms with Crippen molar-refractivity contribution in [3.8, 4) is 0 Å². The van der Waals surface area contributed by atoms with Gasteiger partial charge in [-0.25, -0.2) is 4.98 Å². The molecule has 2 N–H and O–H groups in total. The van der Waals surface area contributed by atoms with Crippen LogP contribution >= 0.6 is 35.3 Å². The molecule has 0 atom stereocenters. The smallest absolute Gasteiger partial charge is 0.352 e. The van der Waals surface area contributed by atoms with Gasteiger partial charge in [-0.3, -0.25) is 9.67 Å². The maximum atomic E-state index is 12.9. The Hall–Kier alpha value is -1.37. The van der Waals surface area contributed by atoms with Gasteiger partial charge in [-0.05, 0) is 13.8 Å². The third-order valence-corrected chi connectivity index (χ3v) is 4.40. The number of aryl methyl sites for hydroxylation is 3. The van der Waals surface area contributed by atoms with Gasteiger partial charge in [-0.1, -0.05) is 0 Å². The van der Waals surface area contributed by atoms with Gasteiger partial charge in [0, 0.05) is 37.3 Å². The van der Waals surface area contributed by atoms with E-state index >= 15 is 0 Å². The highest BCUT2D eigenvalue weighted by atomic mass is 127. The SMILES string of the molecule is CN=C(NCc1nc(C)c(C)s1)NCc1cn(C)nc1C(F)(F)F.I. The minimum absolute atomic E-state index is 0. The van der Waals surface area contributed by atoms with Gasteiger partial charge in [0.15, 0.2) is 11.7 Å². The number of aliphatic imine (C=N–C) groups is 1. The molecule has 6 nitrogen and oxygen atoms in total. The van der Waals surface area contributed by atoms with E-state index in [-0.39, 0.29) is 36.1 Å². The largest absolute Gasteiger partial charge is 0.435 e. The van der Waals surface area contributed by atoms with Gasteiger partial charge < -0.3 is 10.6 Å². The molecule has 2 rings (SSSR count). The van der Waals surface area contributed by atoms with Gasteiger partial charge in [0.1, 0.15) is 5.01 Å². The molecule has 11 heteroatoms. The molecule has 25 heavy (non-hydrogen) atoms. The molecule has 0 aromatic carbocycles. The van der Waals surface area contributed by atoms with Gasteiger partial charge in [0.2, 0.25) is 0 Å². The normalized spacial score (nSPS) is 12.0. The summed E-state index contributed by atoms with van der Waals surface area (Å²) in [5.41, 5.74) is 0.151. The van der Waals surface area contributed by atoms with E-state index in [1.807, 2.05) is 13.8 Å². The lowest BCUT2D eigenvalue weighted by Gasteiger charge is -2.11. The summed E-state index contributed by atoms with van der Waals surface area (Å²) in [6.07, 6.45) is -3.14. The van der Waals surface area contributed by atoms with Crippen molar-refractivity contribution in [2.75, 3.05) is 7.05 Å². The summed E-state index contributed by atoms with van der Waals surface area (Å²) in [6.45, 7) is 4.35. The minimum Gasteiger partial charge on any atom is -0.352 e. The third kappa shape index (κ3) is 5.83. The number of thiazole rings is 1. The maximum absolute atomic E-state index is 12.9. The van der Waals surface area contributed by atoms with Gasteiger partial charge in [0.05, 0.1) is 12.2 Å². The fraction of sp³-hybridized carbons (Fsp3) is 0.500. The Labute approximate surface area is 165 Å². The van der Waals surface area contributed by atoms with Crippen molar-refractivity contribution < 1.29 is 13.2 Å². The summed E-state index contributed by atoms with van der Waals surface area (Å²) in [6, 6.07) is 0. The van der Waals surface area contributed by atoms with E-state index in [0.29, 0.717) is 12.5 Å². The molecule has 0 aliphatic carbocycles. The summed E-state index contributed by atoms with van der Waals surface area (Å²) in [5.74, 6) is 0.400. The zero-order valence-electron chi connectivity index (χ0n) is 14.2. The first-order chi connectivity index (χ1) is 11.2. The lowest BCUT2D eigenvalue weighted by atomic mass is 10.2. The molecule has 0 saturated carbocycles. The van der Waals surface area contributed by atoms with Crippen LogP contribution < -0.4 is 10.6 Å². The van der Waals surface area contributed by atoms with Crippen molar-refractivity contribution >= 4 is 41.3 Å². The third-order valence-electron chi connectivity index (χ3n) is 3.32. The van der Waals surface area contributed by atoms with E-state index < -0.39 is 11.9 Å². The van der Waals surface area contributed by atoms with Crippen LogP contribution in [0.1, 0.15) is 26.8 Å². The van der Waals surface area contributed by atoms with Gasteiger partial charge >= 0.3 is 6.18 Å². The quantitative estimate of drug-likeness (QED) is 0.395. The Balaban J connectivity index is 0.00000312. The van der Waals surface area contributed by atoms with Crippen LogP contribution in [-0.2, 0) is 26.3 Å². The van der Waals surface area contributed by atoms with E-state index in [0.717, 1.165) is 20.3 Å². The Kier molecular flexibility index (Phi) is 7.65. The topological polar surface area (TPSA) is 67.1 Å². The second-order valence-electron chi connectivity index (χ2n) is 5.20. The molecule has 140 valence electrons. The molecule has 0 amide bonds. The molecule has 0 aliphatic heterocycles. The second-order valence-corrected chi connectivity index (χ2v) is 6.49. The van der Waals surface area contributed by atoms with Crippen LogP contribution in [0.3, 0.4) is 0 Å². The van der Waals surface area contributed by atoms with Gasteiger partial charge in [-0.15, -0.1) is 35.3 Å². The van der Waals surface area contributed by atoms with E-state index in [2.05, 4.69) is 25.7 Å². The number of hydrogen-bond donors (Lipinski definition) is 2. The van der Waals surface area contributed by atoms with E-state index in [1.165, 1.54) is 13.2 Å². The summed E-state index contributed by atoms with van der Waals surface area (Å²) < 4.78 is 39.9. The first-order valence-electron chi connectivity index (χ1n) is 7.18. The van der Waals surface area contributed by atoms with Crippen LogP contribution in [0.25, 0.3) is 0 Å². The van der Waals surface area contributed by atoms with Crippen molar-refractivity contribution in [1.82, 2.24) is 25.4 Å². The highest BCUT2D eigenvalue weighted by Gasteiger charge is 2.36. The number of rotatable bonds is 4. The lowest BCUT2D eigenvalue weighted by molar-refractivity contribution is -0.142. The monoisotopic (exact) mass is 488 g/mol. The standard InChI is InChI=1S/C14H19F3N6S.HI/c1-8-9(2)24-11(21-8)6-20-13(18-3)19-5-10-7-23(4)22-12(10)14(15,16)17;/h7H,5-6H2,1-4H3,(H2,18,19,20);1H. The highest BCUT2D eigenvalue weighted by Crippen LogP contribution is 2.30. The molecule has 0 unspecified atom stereocenters.